The fourth-order valence-electron chi connectivity index (χ4n) is 3.72. The van der Waals surface area contributed by atoms with Crippen molar-refractivity contribution >= 4 is 47.1 Å². The van der Waals surface area contributed by atoms with Gasteiger partial charge >= 0.3 is 6.01 Å². The van der Waals surface area contributed by atoms with Crippen LogP contribution in [0.15, 0.2) is 58.6 Å². The molecular formula is C21H18N4O5S3. The number of fused-ring (bicyclic) bond motifs is 2. The van der Waals surface area contributed by atoms with Gasteiger partial charge in [0.05, 0.1) is 43.6 Å². The Kier molecular flexibility index (Phi) is 5.10. The average molecular weight is 503 g/mol. The zero-order valence-corrected chi connectivity index (χ0v) is 20.0. The van der Waals surface area contributed by atoms with E-state index in [1.54, 1.807) is 24.3 Å². The summed E-state index contributed by atoms with van der Waals surface area (Å²) in [6, 6.07) is 9.53. The molecular weight excluding hydrogens is 484 g/mol. The fraction of sp³-hybridized carbons (Fsp3) is 0.190. The predicted molar refractivity (Wildman–Crippen MR) is 125 cm³/mol. The van der Waals surface area contributed by atoms with Crippen LogP contribution in [0.25, 0.3) is 21.3 Å². The molecule has 5 rings (SSSR count). The number of methoxy groups -OCH3 is 1. The van der Waals surface area contributed by atoms with E-state index in [1.807, 2.05) is 6.92 Å². The van der Waals surface area contributed by atoms with Crippen LogP contribution in [-0.4, -0.2) is 51.2 Å². The van der Waals surface area contributed by atoms with Gasteiger partial charge in [0.15, 0.2) is 9.84 Å². The van der Waals surface area contributed by atoms with Crippen LogP contribution in [0.2, 0.25) is 0 Å². The number of thiazole rings is 1. The quantitative estimate of drug-likeness (QED) is 0.418. The zero-order chi connectivity index (χ0) is 23.4. The lowest BCUT2D eigenvalue weighted by Gasteiger charge is -2.30. The van der Waals surface area contributed by atoms with Crippen molar-refractivity contribution in [1.29, 1.82) is 0 Å². The van der Waals surface area contributed by atoms with Crippen molar-refractivity contribution in [2.45, 2.75) is 16.7 Å². The smallest absolute Gasteiger partial charge is 0.316 e. The third kappa shape index (κ3) is 3.73. The van der Waals surface area contributed by atoms with E-state index in [0.717, 1.165) is 19.5 Å². The minimum Gasteiger partial charge on any atom is -0.467 e. The van der Waals surface area contributed by atoms with Gasteiger partial charge in [-0.25, -0.2) is 31.8 Å². The SMILES string of the molecule is COc1ncc(-c2ccc3c(c2)N(S(=O)(=O)c2ccc4nc(C)sc4c2)CCS3(=O)=O)cn1. The van der Waals surface area contributed by atoms with E-state index in [2.05, 4.69) is 15.0 Å². The summed E-state index contributed by atoms with van der Waals surface area (Å²) in [7, 11) is -6.19. The third-order valence-electron chi connectivity index (χ3n) is 5.32. The first-order chi connectivity index (χ1) is 15.7. The second-order valence-electron chi connectivity index (χ2n) is 7.40. The van der Waals surface area contributed by atoms with E-state index in [-0.39, 0.29) is 33.8 Å². The van der Waals surface area contributed by atoms with Gasteiger partial charge in [0.1, 0.15) is 0 Å². The molecule has 1 aliphatic rings. The van der Waals surface area contributed by atoms with Crippen molar-refractivity contribution in [2.24, 2.45) is 0 Å². The van der Waals surface area contributed by atoms with Crippen molar-refractivity contribution in [3.05, 3.63) is 53.8 Å². The van der Waals surface area contributed by atoms with Crippen LogP contribution in [0.5, 0.6) is 6.01 Å². The molecule has 0 spiro atoms. The second kappa shape index (κ2) is 7.75. The molecule has 9 nitrogen and oxygen atoms in total. The number of nitrogens with zero attached hydrogens (tertiary/aromatic N) is 4. The summed E-state index contributed by atoms with van der Waals surface area (Å²) in [4.78, 5) is 12.6. The normalized spacial score (nSPS) is 15.4. The number of sulfonamides is 1. The molecule has 0 N–H and O–H groups in total. The largest absolute Gasteiger partial charge is 0.467 e. The third-order valence-corrected chi connectivity index (χ3v) is 9.80. The summed E-state index contributed by atoms with van der Waals surface area (Å²) in [5.74, 6) is -0.299. The highest BCUT2D eigenvalue weighted by Crippen LogP contribution is 2.38. The molecule has 2 aromatic heterocycles. The number of sulfone groups is 1. The van der Waals surface area contributed by atoms with Gasteiger partial charge in [0.2, 0.25) is 0 Å². The molecule has 2 aromatic carbocycles. The molecule has 0 saturated heterocycles. The number of aromatic nitrogens is 3. The number of ether oxygens (including phenoxy) is 1. The van der Waals surface area contributed by atoms with Crippen molar-refractivity contribution in [3.63, 3.8) is 0 Å². The lowest BCUT2D eigenvalue weighted by molar-refractivity contribution is 0.380. The molecule has 0 bridgehead atoms. The molecule has 12 heteroatoms. The summed E-state index contributed by atoms with van der Waals surface area (Å²) < 4.78 is 59.6. The maximum Gasteiger partial charge on any atom is 0.316 e. The zero-order valence-electron chi connectivity index (χ0n) is 17.6. The van der Waals surface area contributed by atoms with Crippen LogP contribution in [0, 0.1) is 6.92 Å². The highest BCUT2D eigenvalue weighted by molar-refractivity contribution is 7.94. The van der Waals surface area contributed by atoms with E-state index in [1.165, 1.54) is 43.0 Å². The van der Waals surface area contributed by atoms with E-state index >= 15 is 0 Å². The van der Waals surface area contributed by atoms with Gasteiger partial charge in [0.25, 0.3) is 10.0 Å². The molecule has 0 radical (unpaired) electrons. The van der Waals surface area contributed by atoms with Crippen LogP contribution in [0.4, 0.5) is 5.69 Å². The van der Waals surface area contributed by atoms with E-state index in [9.17, 15) is 16.8 Å². The number of rotatable bonds is 4. The number of aryl methyl sites for hydroxylation is 1. The molecule has 0 atom stereocenters. The summed E-state index contributed by atoms with van der Waals surface area (Å²) in [5, 5.41) is 0.834. The van der Waals surface area contributed by atoms with Crippen LogP contribution in [0.1, 0.15) is 5.01 Å². The van der Waals surface area contributed by atoms with E-state index < -0.39 is 19.9 Å². The first kappa shape index (κ1) is 21.7. The Hall–Kier alpha value is -3.09. The lowest BCUT2D eigenvalue weighted by Crippen LogP contribution is -2.39. The van der Waals surface area contributed by atoms with Gasteiger partial charge in [-0.05, 0) is 42.8 Å². The van der Waals surface area contributed by atoms with Gasteiger partial charge < -0.3 is 4.74 Å². The Morgan fingerprint density at radius 2 is 1.82 bits per heavy atom. The molecule has 170 valence electrons. The highest BCUT2D eigenvalue weighted by Gasteiger charge is 2.36. The van der Waals surface area contributed by atoms with Crippen molar-refractivity contribution in [3.8, 4) is 17.1 Å². The molecule has 0 unspecified atom stereocenters. The number of hydrogen-bond acceptors (Lipinski definition) is 9. The number of hydrogen-bond donors (Lipinski definition) is 0. The molecule has 0 aliphatic carbocycles. The summed E-state index contributed by atoms with van der Waals surface area (Å²) in [6.07, 6.45) is 3.06. The minimum atomic E-state index is -4.02. The topological polar surface area (TPSA) is 119 Å². The molecule has 3 heterocycles. The molecule has 0 amide bonds. The minimum absolute atomic E-state index is 0.0229. The molecule has 4 aromatic rings. The molecule has 1 aliphatic heterocycles. The molecule has 0 fully saturated rings. The summed E-state index contributed by atoms with van der Waals surface area (Å²) >= 11 is 1.40. The van der Waals surface area contributed by atoms with E-state index in [4.69, 9.17) is 4.74 Å². The van der Waals surface area contributed by atoms with Crippen LogP contribution in [0.3, 0.4) is 0 Å². The lowest BCUT2D eigenvalue weighted by atomic mass is 10.1. The first-order valence-electron chi connectivity index (χ1n) is 9.82. The van der Waals surface area contributed by atoms with Crippen molar-refractivity contribution < 1.29 is 21.6 Å². The second-order valence-corrected chi connectivity index (χ2v) is 12.6. The Morgan fingerprint density at radius 1 is 1.06 bits per heavy atom. The monoisotopic (exact) mass is 502 g/mol. The summed E-state index contributed by atoms with van der Waals surface area (Å²) in [5.41, 5.74) is 2.01. The predicted octanol–water partition coefficient (Wildman–Crippen LogP) is 3.05. The number of benzene rings is 2. The van der Waals surface area contributed by atoms with Gasteiger partial charge in [-0.1, -0.05) is 6.07 Å². The van der Waals surface area contributed by atoms with Gasteiger partial charge in [0, 0.05) is 24.5 Å². The van der Waals surface area contributed by atoms with Crippen LogP contribution < -0.4 is 9.04 Å². The molecule has 0 saturated carbocycles. The van der Waals surface area contributed by atoms with Gasteiger partial charge in [-0.15, -0.1) is 11.3 Å². The van der Waals surface area contributed by atoms with E-state index in [0.29, 0.717) is 11.1 Å². The Morgan fingerprint density at radius 3 is 2.55 bits per heavy atom. The van der Waals surface area contributed by atoms with Gasteiger partial charge in [-0.3, -0.25) is 4.31 Å². The molecule has 33 heavy (non-hydrogen) atoms. The van der Waals surface area contributed by atoms with Gasteiger partial charge in [-0.2, -0.15) is 0 Å². The fourth-order valence-corrected chi connectivity index (χ4v) is 7.74. The first-order valence-corrected chi connectivity index (χ1v) is 13.7. The average Bonchev–Trinajstić information content (AvgIpc) is 3.18. The Bertz CT molecular complexity index is 1600. The standard InChI is InChI=1S/C21H18N4O5S3/c1-13-24-17-5-4-16(10-19(17)31-13)33(28,29)25-7-8-32(26,27)20-6-3-14(9-18(20)25)15-11-22-21(30-2)23-12-15/h3-6,9-12H,7-8H2,1-2H3. The van der Waals surface area contributed by atoms with Crippen LogP contribution in [-0.2, 0) is 19.9 Å². The maximum absolute atomic E-state index is 13.6. The maximum atomic E-state index is 13.6. The highest BCUT2D eigenvalue weighted by atomic mass is 32.2. The van der Waals surface area contributed by atoms with Crippen molar-refractivity contribution in [1.82, 2.24) is 15.0 Å². The Labute approximate surface area is 194 Å². The number of anilines is 1. The Balaban J connectivity index is 1.64. The van der Waals surface area contributed by atoms with Crippen molar-refractivity contribution in [2.75, 3.05) is 23.7 Å². The van der Waals surface area contributed by atoms with Crippen LogP contribution >= 0.6 is 11.3 Å². The summed E-state index contributed by atoms with van der Waals surface area (Å²) in [6.45, 7) is 1.68.